The highest BCUT2D eigenvalue weighted by Gasteiger charge is 2.13. The van der Waals surface area contributed by atoms with Gasteiger partial charge in [0.2, 0.25) is 0 Å². The lowest BCUT2D eigenvalue weighted by atomic mass is 9.95. The molecule has 0 aliphatic heterocycles. The lowest BCUT2D eigenvalue weighted by Gasteiger charge is -2.16. The third-order valence-corrected chi connectivity index (χ3v) is 2.32. The van der Waals surface area contributed by atoms with Crippen molar-refractivity contribution in [2.24, 2.45) is 5.92 Å². The lowest BCUT2D eigenvalue weighted by molar-refractivity contribution is 0.115. The summed E-state index contributed by atoms with van der Waals surface area (Å²) in [6.07, 6.45) is 0.701. The topological polar surface area (TPSA) is 20.2 Å². The van der Waals surface area contributed by atoms with Crippen molar-refractivity contribution >= 4 is 0 Å². The van der Waals surface area contributed by atoms with Gasteiger partial charge < -0.3 is 5.11 Å². The van der Waals surface area contributed by atoms with Gasteiger partial charge in [-0.1, -0.05) is 50.6 Å². The molecule has 1 N–H and O–H groups in total. The number of aliphatic hydroxyl groups excluding tert-OH is 1. The minimum atomic E-state index is -0.309. The predicted octanol–water partition coefficient (Wildman–Crippen LogP) is 2.77. The van der Waals surface area contributed by atoms with E-state index in [-0.39, 0.29) is 6.10 Å². The number of hydrogen-bond donors (Lipinski definition) is 1. The number of rotatable bonds is 3. The Labute approximate surface area is 74.1 Å². The van der Waals surface area contributed by atoms with Crippen LogP contribution in [0.2, 0.25) is 0 Å². The Bertz CT molecular complexity index is 218. The minimum absolute atomic E-state index is 0.309. The minimum Gasteiger partial charge on any atom is -0.388 e. The van der Waals surface area contributed by atoms with Crippen LogP contribution in [-0.4, -0.2) is 5.11 Å². The van der Waals surface area contributed by atoms with Crippen molar-refractivity contribution in [3.63, 3.8) is 0 Å². The van der Waals surface area contributed by atoms with Crippen molar-refractivity contribution in [3.05, 3.63) is 35.9 Å². The molecule has 0 spiro atoms. The Morgan fingerprint density at radius 1 is 1.25 bits per heavy atom. The van der Waals surface area contributed by atoms with Crippen LogP contribution in [0.4, 0.5) is 0 Å². The maximum absolute atomic E-state index is 9.79. The first-order chi connectivity index (χ1) is 5.75. The molecule has 0 fully saturated rings. The van der Waals surface area contributed by atoms with Crippen LogP contribution in [0.25, 0.3) is 0 Å². The van der Waals surface area contributed by atoms with Gasteiger partial charge in [0.1, 0.15) is 0 Å². The van der Waals surface area contributed by atoms with E-state index in [1.54, 1.807) is 0 Å². The Balaban J connectivity index is 2.71. The van der Waals surface area contributed by atoms with Crippen LogP contribution in [-0.2, 0) is 0 Å². The van der Waals surface area contributed by atoms with Gasteiger partial charge in [-0.25, -0.2) is 0 Å². The van der Waals surface area contributed by atoms with E-state index in [0.29, 0.717) is 5.92 Å². The van der Waals surface area contributed by atoms with Crippen LogP contribution >= 0.6 is 0 Å². The Kier molecular flexibility index (Phi) is 3.30. The molecule has 0 aromatic heterocycles. The summed E-state index contributed by atoms with van der Waals surface area (Å²) in [5.41, 5.74) is 1.02. The fourth-order valence-corrected chi connectivity index (χ4v) is 1.20. The van der Waals surface area contributed by atoms with Crippen molar-refractivity contribution in [2.45, 2.75) is 26.4 Å². The van der Waals surface area contributed by atoms with Crippen molar-refractivity contribution < 1.29 is 5.11 Å². The van der Waals surface area contributed by atoms with E-state index in [1.807, 2.05) is 30.3 Å². The van der Waals surface area contributed by atoms with E-state index in [9.17, 15) is 5.11 Å². The molecule has 0 saturated carbocycles. The molecule has 12 heavy (non-hydrogen) atoms. The zero-order chi connectivity index (χ0) is 8.97. The molecule has 0 saturated heterocycles. The fraction of sp³-hybridized carbons (Fsp3) is 0.455. The van der Waals surface area contributed by atoms with Gasteiger partial charge in [0.05, 0.1) is 6.10 Å². The molecule has 1 heteroatoms. The fourth-order valence-electron chi connectivity index (χ4n) is 1.20. The average molecular weight is 164 g/mol. The summed E-state index contributed by atoms with van der Waals surface area (Å²) >= 11 is 0. The van der Waals surface area contributed by atoms with Gasteiger partial charge in [-0.05, 0) is 11.5 Å². The molecule has 1 aromatic rings. The van der Waals surface area contributed by atoms with E-state index in [4.69, 9.17) is 0 Å². The smallest absolute Gasteiger partial charge is 0.0815 e. The summed E-state index contributed by atoms with van der Waals surface area (Å²) in [6, 6.07) is 9.82. The molecule has 0 aliphatic carbocycles. The number of aliphatic hydroxyl groups is 1. The predicted molar refractivity (Wildman–Crippen MR) is 50.9 cm³/mol. The molecule has 0 amide bonds. The van der Waals surface area contributed by atoms with Crippen LogP contribution in [0.5, 0.6) is 0 Å². The molecule has 1 aromatic carbocycles. The van der Waals surface area contributed by atoms with E-state index in [0.717, 1.165) is 12.0 Å². The quantitative estimate of drug-likeness (QED) is 0.728. The standard InChI is InChI=1S/C11H16O/c1-3-9(2)11(12)10-7-5-4-6-8-10/h4-9,11-12H,3H2,1-2H3/t9?,11-/m1/s1. The molecule has 0 heterocycles. The second-order valence-electron chi connectivity index (χ2n) is 3.24. The Morgan fingerprint density at radius 2 is 1.83 bits per heavy atom. The highest BCUT2D eigenvalue weighted by atomic mass is 16.3. The third kappa shape index (κ3) is 2.08. The van der Waals surface area contributed by atoms with E-state index >= 15 is 0 Å². The number of benzene rings is 1. The molecule has 0 bridgehead atoms. The SMILES string of the molecule is CCC(C)[C@@H](O)c1ccccc1. The summed E-state index contributed by atoms with van der Waals surface area (Å²) in [7, 11) is 0. The maximum atomic E-state index is 9.79. The van der Waals surface area contributed by atoms with Crippen LogP contribution in [0, 0.1) is 5.92 Å². The van der Waals surface area contributed by atoms with Gasteiger partial charge in [-0.3, -0.25) is 0 Å². The molecule has 1 rings (SSSR count). The molecule has 66 valence electrons. The second kappa shape index (κ2) is 4.27. The first-order valence-electron chi connectivity index (χ1n) is 4.48. The summed E-state index contributed by atoms with van der Waals surface area (Å²) in [4.78, 5) is 0. The summed E-state index contributed by atoms with van der Waals surface area (Å²) in [6.45, 7) is 4.16. The Hall–Kier alpha value is -0.820. The first kappa shape index (κ1) is 9.27. The van der Waals surface area contributed by atoms with Gasteiger partial charge >= 0.3 is 0 Å². The van der Waals surface area contributed by atoms with Gasteiger partial charge in [-0.2, -0.15) is 0 Å². The van der Waals surface area contributed by atoms with Crippen LogP contribution in [0.15, 0.2) is 30.3 Å². The normalized spacial score (nSPS) is 15.6. The third-order valence-electron chi connectivity index (χ3n) is 2.32. The largest absolute Gasteiger partial charge is 0.388 e. The van der Waals surface area contributed by atoms with Crippen LogP contribution in [0.3, 0.4) is 0 Å². The molecule has 0 aliphatic rings. The summed E-state index contributed by atoms with van der Waals surface area (Å²) < 4.78 is 0. The van der Waals surface area contributed by atoms with Gasteiger partial charge in [0, 0.05) is 0 Å². The summed E-state index contributed by atoms with van der Waals surface area (Å²) in [5, 5.41) is 9.79. The highest BCUT2D eigenvalue weighted by molar-refractivity contribution is 5.17. The lowest BCUT2D eigenvalue weighted by Crippen LogP contribution is -2.07. The molecule has 2 atom stereocenters. The maximum Gasteiger partial charge on any atom is 0.0815 e. The van der Waals surface area contributed by atoms with Gasteiger partial charge in [-0.15, -0.1) is 0 Å². The van der Waals surface area contributed by atoms with Crippen molar-refractivity contribution in [3.8, 4) is 0 Å². The molecule has 0 radical (unpaired) electrons. The van der Waals surface area contributed by atoms with E-state index in [2.05, 4.69) is 13.8 Å². The summed E-state index contributed by atoms with van der Waals surface area (Å²) in [5.74, 6) is 0.340. The van der Waals surface area contributed by atoms with Crippen molar-refractivity contribution in [1.29, 1.82) is 0 Å². The monoisotopic (exact) mass is 164 g/mol. The van der Waals surface area contributed by atoms with Crippen LogP contribution in [0.1, 0.15) is 31.9 Å². The highest BCUT2D eigenvalue weighted by Crippen LogP contribution is 2.23. The zero-order valence-electron chi connectivity index (χ0n) is 7.70. The van der Waals surface area contributed by atoms with E-state index in [1.165, 1.54) is 0 Å². The van der Waals surface area contributed by atoms with Gasteiger partial charge in [0.15, 0.2) is 0 Å². The van der Waals surface area contributed by atoms with Crippen molar-refractivity contribution in [2.75, 3.05) is 0 Å². The molecule has 1 nitrogen and oxygen atoms in total. The molecular formula is C11H16O. The molecular weight excluding hydrogens is 148 g/mol. The second-order valence-corrected chi connectivity index (χ2v) is 3.24. The van der Waals surface area contributed by atoms with Gasteiger partial charge in [0.25, 0.3) is 0 Å². The zero-order valence-corrected chi connectivity index (χ0v) is 7.70. The van der Waals surface area contributed by atoms with Crippen LogP contribution < -0.4 is 0 Å². The average Bonchev–Trinajstić information content (AvgIpc) is 2.17. The van der Waals surface area contributed by atoms with E-state index < -0.39 is 0 Å². The number of hydrogen-bond acceptors (Lipinski definition) is 1. The van der Waals surface area contributed by atoms with Crippen molar-refractivity contribution in [1.82, 2.24) is 0 Å². The first-order valence-corrected chi connectivity index (χ1v) is 4.48. The molecule has 1 unspecified atom stereocenters. The Morgan fingerprint density at radius 3 is 2.33 bits per heavy atom.